The average Bonchev–Trinajstić information content (AvgIpc) is 3.04. The van der Waals surface area contributed by atoms with Gasteiger partial charge in [-0.25, -0.2) is 0 Å². The van der Waals surface area contributed by atoms with Crippen LogP contribution in [0, 0.1) is 11.8 Å². The van der Waals surface area contributed by atoms with Gasteiger partial charge in [0.25, 0.3) is 5.91 Å². The van der Waals surface area contributed by atoms with Crippen molar-refractivity contribution >= 4 is 17.5 Å². The van der Waals surface area contributed by atoms with Crippen molar-refractivity contribution in [2.24, 2.45) is 11.8 Å². The van der Waals surface area contributed by atoms with Gasteiger partial charge in [-0.15, -0.1) is 0 Å². The molecule has 3 aromatic carbocycles. The van der Waals surface area contributed by atoms with E-state index in [0.717, 1.165) is 43.0 Å². The van der Waals surface area contributed by atoms with Crippen molar-refractivity contribution < 1.29 is 24.2 Å². The Morgan fingerprint density at radius 3 is 2.48 bits per heavy atom. The van der Waals surface area contributed by atoms with Gasteiger partial charge in [0.05, 0.1) is 23.9 Å². The van der Waals surface area contributed by atoms with Crippen LogP contribution < -0.4 is 20.1 Å². The fourth-order valence-corrected chi connectivity index (χ4v) is 5.85. The predicted octanol–water partition coefficient (Wildman–Crippen LogP) is 4.77. The molecule has 9 nitrogen and oxygen atoms in total. The summed E-state index contributed by atoms with van der Waals surface area (Å²) in [6.07, 6.45) is 1.26. The van der Waals surface area contributed by atoms with Gasteiger partial charge in [0.15, 0.2) is 5.75 Å². The number of hydrogen-bond donors (Lipinski definition) is 3. The smallest absolute Gasteiger partial charge is 0.258 e. The first-order chi connectivity index (χ1) is 21.3. The van der Waals surface area contributed by atoms with Gasteiger partial charge in [0.2, 0.25) is 5.91 Å². The summed E-state index contributed by atoms with van der Waals surface area (Å²) in [7, 11) is 2.05. The molecule has 0 bridgehead atoms. The van der Waals surface area contributed by atoms with Crippen LogP contribution in [0.5, 0.6) is 17.2 Å². The van der Waals surface area contributed by atoms with Crippen LogP contribution >= 0.6 is 0 Å². The van der Waals surface area contributed by atoms with Crippen LogP contribution in [0.2, 0.25) is 0 Å². The summed E-state index contributed by atoms with van der Waals surface area (Å²) >= 11 is 0. The number of rotatable bonds is 10. The first-order valence-corrected chi connectivity index (χ1v) is 15.6. The topological polar surface area (TPSA) is 103 Å². The van der Waals surface area contributed by atoms with Crippen molar-refractivity contribution in [2.45, 2.75) is 45.4 Å². The van der Waals surface area contributed by atoms with E-state index in [1.54, 1.807) is 23.1 Å². The van der Waals surface area contributed by atoms with E-state index >= 15 is 0 Å². The third-order valence-corrected chi connectivity index (χ3v) is 8.51. The van der Waals surface area contributed by atoms with Gasteiger partial charge >= 0.3 is 0 Å². The zero-order valence-corrected chi connectivity index (χ0v) is 25.9. The van der Waals surface area contributed by atoms with Crippen molar-refractivity contribution in [3.8, 4) is 17.2 Å². The number of amides is 2. The zero-order valence-electron chi connectivity index (χ0n) is 25.9. The van der Waals surface area contributed by atoms with Crippen LogP contribution in [0.1, 0.15) is 42.6 Å². The quantitative estimate of drug-likeness (QED) is 0.308. The van der Waals surface area contributed by atoms with Crippen molar-refractivity contribution in [3.05, 3.63) is 83.9 Å². The highest BCUT2D eigenvalue weighted by molar-refractivity contribution is 6.02. The maximum absolute atomic E-state index is 13.8. The number of aliphatic hydroxyl groups is 1. The van der Waals surface area contributed by atoms with Crippen LogP contribution in [-0.2, 0) is 11.3 Å². The van der Waals surface area contributed by atoms with Crippen molar-refractivity contribution in [2.75, 3.05) is 45.2 Å². The Balaban J connectivity index is 1.34. The minimum atomic E-state index is -0.362. The molecule has 0 aliphatic carbocycles. The number of hydrogen-bond acceptors (Lipinski definition) is 7. The largest absolute Gasteiger partial charge is 0.486 e. The number of benzene rings is 3. The molecule has 0 saturated carbocycles. The molecule has 5 rings (SSSR count). The number of fused-ring (bicyclic) bond motifs is 1. The standard InChI is InChI=1S/C35H44N4O5/c1-24-20-39(25(2)23-40)35(42)30-10-7-11-31(37-34(41)27-16-18-36-19-17-27)33(30)44-32(24)22-38(3)21-26-12-14-29(15-13-26)43-28-8-5-4-6-9-28/h4-15,24-25,27,32,36,40H,16-23H2,1-3H3,(H,37,41)/t24-,25+,32-/m1/s1. The maximum atomic E-state index is 13.8. The fourth-order valence-electron chi connectivity index (χ4n) is 5.85. The van der Waals surface area contributed by atoms with E-state index in [0.29, 0.717) is 36.6 Å². The first kappa shape index (κ1) is 31.5. The lowest BCUT2D eigenvalue weighted by atomic mass is 9.96. The van der Waals surface area contributed by atoms with Crippen LogP contribution in [0.25, 0.3) is 0 Å². The number of aliphatic hydroxyl groups excluding tert-OH is 1. The van der Waals surface area contributed by atoms with E-state index in [1.165, 1.54) is 0 Å². The number of ether oxygens (including phenoxy) is 2. The van der Waals surface area contributed by atoms with E-state index < -0.39 is 0 Å². The summed E-state index contributed by atoms with van der Waals surface area (Å²) in [5, 5.41) is 16.4. The molecule has 2 heterocycles. The number of carbonyl (C=O) groups is 2. The maximum Gasteiger partial charge on any atom is 0.258 e. The van der Waals surface area contributed by atoms with Crippen molar-refractivity contribution in [1.29, 1.82) is 0 Å². The summed E-state index contributed by atoms with van der Waals surface area (Å²) in [6.45, 7) is 7.11. The molecule has 1 saturated heterocycles. The number of nitrogens with one attached hydrogen (secondary N) is 2. The lowest BCUT2D eigenvalue weighted by Gasteiger charge is -2.38. The Kier molecular flexibility index (Phi) is 10.5. The highest BCUT2D eigenvalue weighted by atomic mass is 16.5. The number of para-hydroxylation sites is 2. The third kappa shape index (κ3) is 7.77. The molecule has 0 aromatic heterocycles. The van der Waals surface area contributed by atoms with Crippen molar-refractivity contribution in [1.82, 2.24) is 15.1 Å². The zero-order chi connectivity index (χ0) is 31.1. The highest BCUT2D eigenvalue weighted by Crippen LogP contribution is 2.35. The monoisotopic (exact) mass is 600 g/mol. The van der Waals surface area contributed by atoms with E-state index in [4.69, 9.17) is 9.47 Å². The lowest BCUT2D eigenvalue weighted by Crippen LogP contribution is -2.49. The number of likely N-dealkylation sites (N-methyl/N-ethyl adjacent to an activating group) is 1. The minimum Gasteiger partial charge on any atom is -0.486 e. The summed E-state index contributed by atoms with van der Waals surface area (Å²) in [5.74, 6) is 1.56. The summed E-state index contributed by atoms with van der Waals surface area (Å²) in [4.78, 5) is 30.9. The molecule has 234 valence electrons. The number of nitrogens with zero attached hydrogens (tertiary/aromatic N) is 2. The Hall–Kier alpha value is -3.92. The Morgan fingerprint density at radius 2 is 1.77 bits per heavy atom. The summed E-state index contributed by atoms with van der Waals surface area (Å²) in [6, 6.07) is 22.7. The molecule has 3 atom stereocenters. The van der Waals surface area contributed by atoms with E-state index in [-0.39, 0.29) is 42.4 Å². The van der Waals surface area contributed by atoms with E-state index in [1.807, 2.05) is 56.4 Å². The predicted molar refractivity (Wildman–Crippen MR) is 171 cm³/mol. The number of carbonyl (C=O) groups excluding carboxylic acids is 2. The molecule has 3 aromatic rings. The van der Waals surface area contributed by atoms with E-state index in [9.17, 15) is 14.7 Å². The molecule has 0 unspecified atom stereocenters. The molecule has 9 heteroatoms. The lowest BCUT2D eigenvalue weighted by molar-refractivity contribution is -0.120. The molecule has 3 N–H and O–H groups in total. The molecule has 2 amide bonds. The van der Waals surface area contributed by atoms with Crippen LogP contribution in [0.4, 0.5) is 5.69 Å². The molecule has 2 aliphatic heterocycles. The third-order valence-electron chi connectivity index (χ3n) is 8.51. The van der Waals surface area contributed by atoms with Gasteiger partial charge in [-0.3, -0.25) is 14.5 Å². The second kappa shape index (κ2) is 14.7. The second-order valence-electron chi connectivity index (χ2n) is 12.1. The van der Waals surface area contributed by atoms with Crippen LogP contribution in [0.3, 0.4) is 0 Å². The fraction of sp³-hybridized carbons (Fsp3) is 0.429. The van der Waals surface area contributed by atoms with Gasteiger partial charge in [-0.1, -0.05) is 43.3 Å². The summed E-state index contributed by atoms with van der Waals surface area (Å²) in [5.41, 5.74) is 2.03. The Labute approximate surface area is 260 Å². The normalized spacial score (nSPS) is 19.8. The highest BCUT2D eigenvalue weighted by Gasteiger charge is 2.35. The molecule has 44 heavy (non-hydrogen) atoms. The molecule has 0 spiro atoms. The molecule has 0 radical (unpaired) electrons. The summed E-state index contributed by atoms with van der Waals surface area (Å²) < 4.78 is 12.6. The Morgan fingerprint density at radius 1 is 1.07 bits per heavy atom. The van der Waals surface area contributed by atoms with Crippen LogP contribution in [0.15, 0.2) is 72.8 Å². The van der Waals surface area contributed by atoms with Gasteiger partial charge in [0, 0.05) is 31.5 Å². The van der Waals surface area contributed by atoms with Gasteiger partial charge in [-0.05, 0) is 81.9 Å². The molecule has 1 fully saturated rings. The SMILES string of the molecule is C[C@@H]1CN([C@@H](C)CO)C(=O)c2cccc(NC(=O)C3CCNCC3)c2O[C@@H]1CN(C)Cc1ccc(Oc2ccccc2)cc1. The number of anilines is 1. The van der Waals surface area contributed by atoms with Gasteiger partial charge < -0.3 is 30.1 Å². The molecular formula is C35H44N4O5. The second-order valence-corrected chi connectivity index (χ2v) is 12.1. The molecule has 2 aliphatic rings. The number of piperidine rings is 1. The average molecular weight is 601 g/mol. The van der Waals surface area contributed by atoms with Crippen molar-refractivity contribution in [3.63, 3.8) is 0 Å². The van der Waals surface area contributed by atoms with Gasteiger partial charge in [0.1, 0.15) is 17.6 Å². The van der Waals surface area contributed by atoms with Gasteiger partial charge in [-0.2, -0.15) is 0 Å². The van der Waals surface area contributed by atoms with E-state index in [2.05, 4.69) is 34.6 Å². The van der Waals surface area contributed by atoms with Crippen LogP contribution in [-0.4, -0.2) is 78.7 Å². The Bertz CT molecular complexity index is 1390. The first-order valence-electron chi connectivity index (χ1n) is 15.6. The molecular weight excluding hydrogens is 556 g/mol. The minimum absolute atomic E-state index is 0.0432.